The molecule has 0 aliphatic heterocycles. The van der Waals surface area contributed by atoms with Crippen LogP contribution in [0.3, 0.4) is 0 Å². The number of hydrogen-bond acceptors (Lipinski definition) is 1. The van der Waals surface area contributed by atoms with Crippen LogP contribution in [-0.4, -0.2) is 6.61 Å². The second kappa shape index (κ2) is 7.12. The third-order valence-electron chi connectivity index (χ3n) is 3.21. The topological polar surface area (TPSA) is 9.23 Å². The zero-order valence-corrected chi connectivity index (χ0v) is 16.0. The zero-order valence-electron chi connectivity index (χ0n) is 9.52. The third-order valence-corrected chi connectivity index (χ3v) is 5.44. The minimum atomic E-state index is 0.872. The molecular formula is C13H15I3O. The summed E-state index contributed by atoms with van der Waals surface area (Å²) in [5.74, 6) is 1.98. The van der Waals surface area contributed by atoms with Crippen molar-refractivity contribution in [1.82, 2.24) is 0 Å². The Morgan fingerprint density at radius 1 is 1.06 bits per heavy atom. The Morgan fingerprint density at radius 2 is 1.65 bits per heavy atom. The number of hydrogen-bond donors (Lipinski definition) is 0. The largest absolute Gasteiger partial charge is 0.491 e. The highest BCUT2D eigenvalue weighted by molar-refractivity contribution is 14.1. The SMILES string of the molecule is Ic1cc(I)c(OCCC2CCCC2)c(I)c1. The fourth-order valence-electron chi connectivity index (χ4n) is 2.29. The Morgan fingerprint density at radius 3 is 2.24 bits per heavy atom. The van der Waals surface area contributed by atoms with Crippen LogP contribution in [0.4, 0.5) is 0 Å². The van der Waals surface area contributed by atoms with E-state index in [0.29, 0.717) is 0 Å². The highest BCUT2D eigenvalue weighted by Gasteiger charge is 2.15. The molecule has 1 fully saturated rings. The van der Waals surface area contributed by atoms with Crippen molar-refractivity contribution in [3.05, 3.63) is 22.8 Å². The summed E-state index contributed by atoms with van der Waals surface area (Å²) in [4.78, 5) is 0. The summed E-state index contributed by atoms with van der Waals surface area (Å²) in [6, 6.07) is 4.35. The highest BCUT2D eigenvalue weighted by Crippen LogP contribution is 2.31. The van der Waals surface area contributed by atoms with Gasteiger partial charge in [-0.15, -0.1) is 0 Å². The van der Waals surface area contributed by atoms with Crippen molar-refractivity contribution in [1.29, 1.82) is 0 Å². The van der Waals surface area contributed by atoms with E-state index in [9.17, 15) is 0 Å². The van der Waals surface area contributed by atoms with Crippen LogP contribution in [0.2, 0.25) is 0 Å². The van der Waals surface area contributed by atoms with Gasteiger partial charge in [-0.25, -0.2) is 0 Å². The molecule has 0 spiro atoms. The summed E-state index contributed by atoms with van der Waals surface area (Å²) in [7, 11) is 0. The van der Waals surface area contributed by atoms with E-state index in [1.807, 2.05) is 0 Å². The fraction of sp³-hybridized carbons (Fsp3) is 0.538. The van der Waals surface area contributed by atoms with Gasteiger partial charge in [0.05, 0.1) is 13.7 Å². The Balaban J connectivity index is 1.89. The highest BCUT2D eigenvalue weighted by atomic mass is 127. The molecule has 0 radical (unpaired) electrons. The number of rotatable bonds is 4. The van der Waals surface area contributed by atoms with Crippen molar-refractivity contribution in [3.63, 3.8) is 0 Å². The van der Waals surface area contributed by atoms with Crippen LogP contribution in [0, 0.1) is 16.6 Å². The Labute approximate surface area is 144 Å². The molecule has 0 bridgehead atoms. The van der Waals surface area contributed by atoms with Gasteiger partial charge in [0.25, 0.3) is 0 Å². The summed E-state index contributed by atoms with van der Waals surface area (Å²) in [6.45, 7) is 0.872. The lowest BCUT2D eigenvalue weighted by molar-refractivity contribution is 0.276. The normalized spacial score (nSPS) is 16.4. The summed E-state index contributed by atoms with van der Waals surface area (Å²) in [6.07, 6.45) is 6.87. The molecular weight excluding hydrogens is 553 g/mol. The lowest BCUT2D eigenvalue weighted by atomic mass is 10.1. The van der Waals surface area contributed by atoms with Crippen molar-refractivity contribution >= 4 is 67.8 Å². The van der Waals surface area contributed by atoms with Gasteiger partial charge in [0.15, 0.2) is 0 Å². The van der Waals surface area contributed by atoms with Gasteiger partial charge < -0.3 is 4.74 Å². The quantitative estimate of drug-likeness (QED) is 0.439. The molecule has 0 heterocycles. The minimum absolute atomic E-state index is 0.872. The smallest absolute Gasteiger partial charge is 0.145 e. The predicted molar refractivity (Wildman–Crippen MR) is 96.7 cm³/mol. The molecule has 2 rings (SSSR count). The van der Waals surface area contributed by atoms with Gasteiger partial charge in [0.1, 0.15) is 5.75 Å². The number of halogens is 3. The molecule has 1 nitrogen and oxygen atoms in total. The van der Waals surface area contributed by atoms with Gasteiger partial charge in [-0.1, -0.05) is 25.7 Å². The summed E-state index contributed by atoms with van der Waals surface area (Å²) < 4.78 is 9.70. The maximum absolute atomic E-state index is 5.97. The first-order valence-electron chi connectivity index (χ1n) is 5.94. The van der Waals surface area contributed by atoms with Crippen LogP contribution in [0.1, 0.15) is 32.1 Å². The van der Waals surface area contributed by atoms with Gasteiger partial charge in [-0.2, -0.15) is 0 Å². The zero-order chi connectivity index (χ0) is 12.3. The molecule has 1 aliphatic rings. The van der Waals surface area contributed by atoms with E-state index in [1.165, 1.54) is 42.8 Å². The molecule has 1 aromatic rings. The molecule has 0 saturated heterocycles. The number of ether oxygens (including phenoxy) is 1. The predicted octanol–water partition coefficient (Wildman–Crippen LogP) is 5.46. The van der Waals surface area contributed by atoms with E-state index in [-0.39, 0.29) is 0 Å². The Hall–Kier alpha value is 1.21. The van der Waals surface area contributed by atoms with Crippen LogP contribution in [-0.2, 0) is 0 Å². The van der Waals surface area contributed by atoms with Crippen LogP contribution in [0.15, 0.2) is 12.1 Å². The average molecular weight is 568 g/mol. The fourth-order valence-corrected chi connectivity index (χ4v) is 6.19. The van der Waals surface area contributed by atoms with Gasteiger partial charge in [-0.05, 0) is 92.2 Å². The lowest BCUT2D eigenvalue weighted by Gasteiger charge is -2.13. The Kier molecular flexibility index (Phi) is 6.12. The summed E-state index contributed by atoms with van der Waals surface area (Å²) in [5.41, 5.74) is 0. The van der Waals surface area contributed by atoms with Crippen molar-refractivity contribution in [2.24, 2.45) is 5.92 Å². The second-order valence-corrected chi connectivity index (χ2v) is 8.06. The van der Waals surface area contributed by atoms with Gasteiger partial charge >= 0.3 is 0 Å². The first-order chi connectivity index (χ1) is 8.16. The van der Waals surface area contributed by atoms with Gasteiger partial charge in [-0.3, -0.25) is 0 Å². The van der Waals surface area contributed by atoms with Crippen molar-refractivity contribution < 1.29 is 4.74 Å². The molecule has 0 N–H and O–H groups in total. The van der Waals surface area contributed by atoms with Crippen molar-refractivity contribution in [3.8, 4) is 5.75 Å². The van der Waals surface area contributed by atoms with E-state index in [4.69, 9.17) is 4.74 Å². The third kappa shape index (κ3) is 4.36. The molecule has 94 valence electrons. The van der Waals surface area contributed by atoms with E-state index >= 15 is 0 Å². The molecule has 0 atom stereocenters. The van der Waals surface area contributed by atoms with E-state index in [1.54, 1.807) is 0 Å². The number of benzene rings is 1. The average Bonchev–Trinajstić information content (AvgIpc) is 2.74. The molecule has 17 heavy (non-hydrogen) atoms. The van der Waals surface area contributed by atoms with E-state index < -0.39 is 0 Å². The molecule has 4 heteroatoms. The first kappa shape index (κ1) is 14.6. The molecule has 1 aromatic carbocycles. The van der Waals surface area contributed by atoms with Crippen molar-refractivity contribution in [2.75, 3.05) is 6.61 Å². The Bertz CT molecular complexity index is 363. The first-order valence-corrected chi connectivity index (χ1v) is 9.18. The standard InChI is InChI=1S/C13H15I3O/c14-10-7-11(15)13(12(16)8-10)17-6-5-9-3-1-2-4-9/h7-9H,1-6H2. The van der Waals surface area contributed by atoms with Crippen LogP contribution < -0.4 is 4.74 Å². The molecule has 1 aliphatic carbocycles. The maximum atomic E-state index is 5.97. The van der Waals surface area contributed by atoms with Crippen LogP contribution >= 0.6 is 67.8 Å². The van der Waals surface area contributed by atoms with E-state index in [2.05, 4.69) is 79.9 Å². The maximum Gasteiger partial charge on any atom is 0.145 e. The van der Waals surface area contributed by atoms with Crippen LogP contribution in [0.5, 0.6) is 5.75 Å². The monoisotopic (exact) mass is 568 g/mol. The van der Waals surface area contributed by atoms with E-state index in [0.717, 1.165) is 18.3 Å². The van der Waals surface area contributed by atoms with Gasteiger partial charge in [0.2, 0.25) is 0 Å². The minimum Gasteiger partial charge on any atom is -0.491 e. The summed E-state index contributed by atoms with van der Waals surface area (Å²) in [5, 5.41) is 0. The summed E-state index contributed by atoms with van der Waals surface area (Å²) >= 11 is 7.08. The van der Waals surface area contributed by atoms with Crippen molar-refractivity contribution in [2.45, 2.75) is 32.1 Å². The van der Waals surface area contributed by atoms with Gasteiger partial charge in [0, 0.05) is 3.57 Å². The molecule has 0 aromatic heterocycles. The molecule has 0 unspecified atom stereocenters. The molecule has 0 amide bonds. The lowest BCUT2D eigenvalue weighted by Crippen LogP contribution is -2.05. The molecule has 1 saturated carbocycles. The second-order valence-electron chi connectivity index (χ2n) is 4.49. The van der Waals surface area contributed by atoms with Crippen LogP contribution in [0.25, 0.3) is 0 Å².